The van der Waals surface area contributed by atoms with Crippen molar-refractivity contribution >= 4 is 11.9 Å². The van der Waals surface area contributed by atoms with Crippen LogP contribution in [0.1, 0.15) is 28.0 Å². The summed E-state index contributed by atoms with van der Waals surface area (Å²) in [6, 6.07) is 6.22. The van der Waals surface area contributed by atoms with Crippen LogP contribution in [0.3, 0.4) is 0 Å². The molecule has 1 aromatic carbocycles. The number of hydrogen-bond donors (Lipinski definition) is 1. The number of nitrogens with zero attached hydrogens (tertiary/aromatic N) is 3. The normalized spacial score (nSPS) is 11.4. The number of aromatic nitrogens is 2. The van der Waals surface area contributed by atoms with Gasteiger partial charge in [0.1, 0.15) is 0 Å². The molecule has 6 nitrogen and oxygen atoms in total. The van der Waals surface area contributed by atoms with Crippen molar-refractivity contribution in [2.75, 3.05) is 13.6 Å². The Hall–Kier alpha value is -2.84. The number of hydrogen-bond acceptors (Lipinski definition) is 3. The molecule has 0 spiro atoms. The van der Waals surface area contributed by atoms with Gasteiger partial charge in [0, 0.05) is 13.6 Å². The second-order valence-electron chi connectivity index (χ2n) is 5.52. The summed E-state index contributed by atoms with van der Waals surface area (Å²) >= 11 is 0. The van der Waals surface area contributed by atoms with Gasteiger partial charge >= 0.3 is 12.1 Å². The van der Waals surface area contributed by atoms with Crippen LogP contribution in [-0.4, -0.2) is 45.3 Å². The number of benzene rings is 1. The zero-order valence-corrected chi connectivity index (χ0v) is 13.5. The van der Waals surface area contributed by atoms with E-state index in [9.17, 15) is 22.8 Å². The highest BCUT2D eigenvalue weighted by molar-refractivity contribution is 5.95. The van der Waals surface area contributed by atoms with Crippen molar-refractivity contribution in [2.24, 2.45) is 0 Å². The van der Waals surface area contributed by atoms with E-state index in [1.165, 1.54) is 19.2 Å². The maximum atomic E-state index is 13.5. The van der Waals surface area contributed by atoms with Crippen molar-refractivity contribution in [3.8, 4) is 5.69 Å². The Balaban J connectivity index is 2.44. The first-order valence-electron chi connectivity index (χ1n) is 7.30. The molecule has 0 fully saturated rings. The van der Waals surface area contributed by atoms with Gasteiger partial charge in [-0.05, 0) is 19.1 Å². The second-order valence-corrected chi connectivity index (χ2v) is 5.52. The minimum atomic E-state index is -4.81. The predicted octanol–water partition coefficient (Wildman–Crippen LogP) is 2.75. The number of alkyl halides is 3. The number of carbonyl (C=O) groups is 2. The zero-order valence-electron chi connectivity index (χ0n) is 13.5. The van der Waals surface area contributed by atoms with Crippen LogP contribution < -0.4 is 0 Å². The lowest BCUT2D eigenvalue weighted by molar-refractivity contribution is -0.143. The molecule has 0 aliphatic carbocycles. The Morgan fingerprint density at radius 2 is 1.84 bits per heavy atom. The van der Waals surface area contributed by atoms with Gasteiger partial charge in [0.15, 0.2) is 5.69 Å². The molecule has 134 valence electrons. The maximum absolute atomic E-state index is 13.5. The summed E-state index contributed by atoms with van der Waals surface area (Å²) in [7, 11) is 1.24. The van der Waals surface area contributed by atoms with Gasteiger partial charge in [-0.3, -0.25) is 9.59 Å². The highest BCUT2D eigenvalue weighted by Crippen LogP contribution is 2.34. The molecule has 2 rings (SSSR count). The van der Waals surface area contributed by atoms with Crippen LogP contribution in [0, 0.1) is 6.92 Å². The number of amides is 1. The molecule has 0 unspecified atom stereocenters. The number of carboxylic acid groups (broad SMARTS) is 1. The lowest BCUT2D eigenvalue weighted by Crippen LogP contribution is -2.31. The lowest BCUT2D eigenvalue weighted by Gasteiger charge is -2.17. The number of aryl methyl sites for hydroxylation is 1. The molecule has 1 amide bonds. The van der Waals surface area contributed by atoms with E-state index in [-0.39, 0.29) is 18.7 Å². The van der Waals surface area contributed by atoms with Gasteiger partial charge in [-0.1, -0.05) is 17.7 Å². The fraction of sp³-hybridized carbons (Fsp3) is 0.312. The van der Waals surface area contributed by atoms with Gasteiger partial charge in [0.2, 0.25) is 0 Å². The summed E-state index contributed by atoms with van der Waals surface area (Å²) in [5.41, 5.74) is -0.774. The van der Waals surface area contributed by atoms with E-state index in [0.717, 1.165) is 16.7 Å². The highest BCUT2D eigenvalue weighted by atomic mass is 19.4. The van der Waals surface area contributed by atoms with E-state index in [2.05, 4.69) is 5.10 Å². The largest absolute Gasteiger partial charge is 0.481 e. The Kier molecular flexibility index (Phi) is 5.15. The number of aliphatic carboxylic acids is 1. The minimum Gasteiger partial charge on any atom is -0.481 e. The van der Waals surface area contributed by atoms with E-state index >= 15 is 0 Å². The van der Waals surface area contributed by atoms with Crippen LogP contribution >= 0.6 is 0 Å². The first-order valence-corrected chi connectivity index (χ1v) is 7.30. The predicted molar refractivity (Wildman–Crippen MR) is 82.5 cm³/mol. The Labute approximate surface area is 141 Å². The van der Waals surface area contributed by atoms with Crippen LogP contribution in [0.25, 0.3) is 5.69 Å². The third kappa shape index (κ3) is 4.17. The summed E-state index contributed by atoms with van der Waals surface area (Å²) in [6.45, 7) is 1.59. The fourth-order valence-electron chi connectivity index (χ4n) is 2.23. The van der Waals surface area contributed by atoms with Crippen LogP contribution in [0.5, 0.6) is 0 Å². The first kappa shape index (κ1) is 18.5. The molecular weight excluding hydrogens is 339 g/mol. The standard InChI is InChI=1S/C16H16F3N3O3/c1-10-3-5-11(6-4-10)22-14(16(17,18)19)12(9-20-22)15(25)21(2)8-7-13(23)24/h3-6,9H,7-8H2,1-2H3,(H,23,24). The zero-order chi connectivity index (χ0) is 18.8. The molecule has 2 aromatic rings. The molecule has 1 heterocycles. The average molecular weight is 355 g/mol. The summed E-state index contributed by atoms with van der Waals surface area (Å²) in [4.78, 5) is 23.8. The summed E-state index contributed by atoms with van der Waals surface area (Å²) in [5, 5.41) is 12.4. The van der Waals surface area contributed by atoms with E-state index in [4.69, 9.17) is 5.11 Å². The quantitative estimate of drug-likeness (QED) is 0.895. The van der Waals surface area contributed by atoms with Gasteiger partial charge in [0.25, 0.3) is 5.91 Å². The third-order valence-electron chi connectivity index (χ3n) is 3.55. The molecule has 0 aliphatic heterocycles. The van der Waals surface area contributed by atoms with Crippen LogP contribution in [0.4, 0.5) is 13.2 Å². The monoisotopic (exact) mass is 355 g/mol. The van der Waals surface area contributed by atoms with E-state index in [1.807, 2.05) is 0 Å². The lowest BCUT2D eigenvalue weighted by atomic mass is 10.2. The molecule has 1 aromatic heterocycles. The minimum absolute atomic E-state index is 0.171. The smallest absolute Gasteiger partial charge is 0.434 e. The van der Waals surface area contributed by atoms with E-state index in [1.54, 1.807) is 19.1 Å². The second kappa shape index (κ2) is 6.96. The van der Waals surface area contributed by atoms with Crippen LogP contribution in [0.2, 0.25) is 0 Å². The van der Waals surface area contributed by atoms with Gasteiger partial charge in [-0.25, -0.2) is 4.68 Å². The highest BCUT2D eigenvalue weighted by Gasteiger charge is 2.41. The number of carbonyl (C=O) groups excluding carboxylic acids is 1. The van der Waals surface area contributed by atoms with Crippen molar-refractivity contribution in [2.45, 2.75) is 19.5 Å². The van der Waals surface area contributed by atoms with E-state index in [0.29, 0.717) is 4.68 Å². The van der Waals surface area contributed by atoms with Crippen molar-refractivity contribution in [1.29, 1.82) is 0 Å². The van der Waals surface area contributed by atoms with Gasteiger partial charge in [-0.2, -0.15) is 18.3 Å². The van der Waals surface area contributed by atoms with Crippen molar-refractivity contribution < 1.29 is 27.9 Å². The molecule has 0 bridgehead atoms. The molecule has 0 saturated carbocycles. The molecule has 0 atom stereocenters. The SMILES string of the molecule is Cc1ccc(-n2ncc(C(=O)N(C)CCC(=O)O)c2C(F)(F)F)cc1. The number of carboxylic acids is 1. The topological polar surface area (TPSA) is 75.4 Å². The summed E-state index contributed by atoms with van der Waals surface area (Å²) < 4.78 is 41.2. The number of halogens is 3. The molecule has 0 saturated heterocycles. The summed E-state index contributed by atoms with van der Waals surface area (Å²) in [6.07, 6.45) is -4.32. The molecule has 9 heteroatoms. The van der Waals surface area contributed by atoms with Gasteiger partial charge in [-0.15, -0.1) is 0 Å². The Bertz CT molecular complexity index is 782. The van der Waals surface area contributed by atoms with Gasteiger partial charge < -0.3 is 10.0 Å². The fourth-order valence-corrected chi connectivity index (χ4v) is 2.23. The van der Waals surface area contributed by atoms with Crippen molar-refractivity contribution in [3.63, 3.8) is 0 Å². The Morgan fingerprint density at radius 1 is 1.24 bits per heavy atom. The van der Waals surface area contributed by atoms with Crippen molar-refractivity contribution in [1.82, 2.24) is 14.7 Å². The molecule has 0 aliphatic rings. The number of rotatable bonds is 5. The maximum Gasteiger partial charge on any atom is 0.434 e. The summed E-state index contributed by atoms with van der Waals surface area (Å²) in [5.74, 6) is -2.09. The van der Waals surface area contributed by atoms with Crippen molar-refractivity contribution in [3.05, 3.63) is 47.3 Å². The Morgan fingerprint density at radius 3 is 2.36 bits per heavy atom. The van der Waals surface area contributed by atoms with Crippen LogP contribution in [0.15, 0.2) is 30.5 Å². The third-order valence-corrected chi connectivity index (χ3v) is 3.55. The molecular formula is C16H16F3N3O3. The van der Waals surface area contributed by atoms with Crippen LogP contribution in [-0.2, 0) is 11.0 Å². The molecule has 1 N–H and O–H groups in total. The first-order chi connectivity index (χ1) is 11.6. The van der Waals surface area contributed by atoms with Gasteiger partial charge in [0.05, 0.1) is 23.9 Å². The molecule has 25 heavy (non-hydrogen) atoms. The average Bonchev–Trinajstić information content (AvgIpc) is 2.97. The molecule has 0 radical (unpaired) electrons. The van der Waals surface area contributed by atoms with E-state index < -0.39 is 29.3 Å².